The Kier molecular flexibility index (Phi) is 7.69. The molecule has 0 saturated carbocycles. The molecule has 1 aromatic heterocycles. The molecular weight excluding hydrogens is 376 g/mol. The van der Waals surface area contributed by atoms with Crippen molar-refractivity contribution in [3.63, 3.8) is 0 Å². The number of carbonyl (C=O) groups excluding carboxylic acids is 1. The Morgan fingerprint density at radius 2 is 1.70 bits per heavy atom. The quantitative estimate of drug-likeness (QED) is 0.501. The first-order valence-electron chi connectivity index (χ1n) is 10.2. The molecular formula is C25H30N2O3. The van der Waals surface area contributed by atoms with Crippen LogP contribution in [0.4, 0.5) is 0 Å². The van der Waals surface area contributed by atoms with E-state index in [2.05, 4.69) is 24.0 Å². The number of hydrogen-bond acceptors (Lipinski definition) is 4. The Morgan fingerprint density at radius 3 is 2.33 bits per heavy atom. The van der Waals surface area contributed by atoms with Gasteiger partial charge < -0.3 is 14.1 Å². The van der Waals surface area contributed by atoms with Gasteiger partial charge >= 0.3 is 0 Å². The molecule has 1 amide bonds. The number of amides is 1. The van der Waals surface area contributed by atoms with E-state index in [-0.39, 0.29) is 11.9 Å². The monoisotopic (exact) mass is 406 g/mol. The highest BCUT2D eigenvalue weighted by Gasteiger charge is 2.20. The highest BCUT2D eigenvalue weighted by atomic mass is 16.5. The fourth-order valence-corrected chi connectivity index (χ4v) is 3.35. The molecule has 0 aliphatic rings. The topological polar surface area (TPSA) is 45.9 Å². The van der Waals surface area contributed by atoms with Gasteiger partial charge in [-0.3, -0.25) is 9.69 Å². The van der Waals surface area contributed by atoms with Gasteiger partial charge in [-0.25, -0.2) is 0 Å². The molecule has 0 N–H and O–H groups in total. The van der Waals surface area contributed by atoms with Crippen LogP contribution >= 0.6 is 0 Å². The average Bonchev–Trinajstić information content (AvgIpc) is 3.27. The summed E-state index contributed by atoms with van der Waals surface area (Å²) in [5.74, 6) is 1.72. The van der Waals surface area contributed by atoms with Gasteiger partial charge in [0, 0.05) is 12.6 Å². The first kappa shape index (κ1) is 21.7. The van der Waals surface area contributed by atoms with Gasteiger partial charge in [0.15, 0.2) is 0 Å². The number of furan rings is 1. The smallest absolute Gasteiger partial charge is 0.237 e. The van der Waals surface area contributed by atoms with Crippen LogP contribution in [-0.4, -0.2) is 42.5 Å². The molecule has 3 aromatic rings. The second kappa shape index (κ2) is 10.6. The fraction of sp³-hybridized carbons (Fsp3) is 0.320. The third-order valence-corrected chi connectivity index (χ3v) is 5.32. The van der Waals surface area contributed by atoms with Crippen LogP contribution in [0.2, 0.25) is 0 Å². The number of carbonyl (C=O) groups is 1. The van der Waals surface area contributed by atoms with Crippen molar-refractivity contribution in [2.45, 2.75) is 32.5 Å². The number of nitrogens with zero attached hydrogens (tertiary/aromatic N) is 2. The molecule has 30 heavy (non-hydrogen) atoms. The normalized spacial score (nSPS) is 12.0. The maximum Gasteiger partial charge on any atom is 0.237 e. The second-order valence-electron chi connectivity index (χ2n) is 7.63. The van der Waals surface area contributed by atoms with E-state index < -0.39 is 0 Å². The Labute approximate surface area is 178 Å². The van der Waals surface area contributed by atoms with Crippen molar-refractivity contribution < 1.29 is 13.9 Å². The molecule has 1 unspecified atom stereocenters. The highest BCUT2D eigenvalue weighted by Crippen LogP contribution is 2.15. The van der Waals surface area contributed by atoms with E-state index >= 15 is 0 Å². The maximum atomic E-state index is 13.2. The standard InChI is InChI=1S/C25H30N2O3/c1-20(16-21-11-13-23(29-3)14-12-21)26(2)19-25(28)27(18-24-10-7-15-30-24)17-22-8-5-4-6-9-22/h4-15,20H,16-19H2,1-3H3. The van der Waals surface area contributed by atoms with Crippen LogP contribution in [0.15, 0.2) is 77.4 Å². The first-order valence-corrected chi connectivity index (χ1v) is 10.2. The van der Waals surface area contributed by atoms with Crippen LogP contribution in [0.5, 0.6) is 5.75 Å². The van der Waals surface area contributed by atoms with Gasteiger partial charge in [0.25, 0.3) is 0 Å². The number of rotatable bonds is 10. The van der Waals surface area contributed by atoms with E-state index in [0.29, 0.717) is 19.6 Å². The van der Waals surface area contributed by atoms with Gasteiger partial charge in [0.1, 0.15) is 11.5 Å². The third-order valence-electron chi connectivity index (χ3n) is 5.32. The zero-order chi connectivity index (χ0) is 21.3. The second-order valence-corrected chi connectivity index (χ2v) is 7.63. The van der Waals surface area contributed by atoms with Crippen LogP contribution in [0.3, 0.4) is 0 Å². The summed E-state index contributed by atoms with van der Waals surface area (Å²) in [6.07, 6.45) is 2.51. The summed E-state index contributed by atoms with van der Waals surface area (Å²) in [5.41, 5.74) is 2.32. The average molecular weight is 407 g/mol. The number of benzene rings is 2. The molecule has 5 nitrogen and oxygen atoms in total. The maximum absolute atomic E-state index is 13.2. The zero-order valence-corrected chi connectivity index (χ0v) is 18.0. The van der Waals surface area contributed by atoms with Gasteiger partial charge in [-0.2, -0.15) is 0 Å². The summed E-state index contributed by atoms with van der Waals surface area (Å²) in [7, 11) is 3.67. The summed E-state index contributed by atoms with van der Waals surface area (Å²) in [5, 5.41) is 0. The Hall–Kier alpha value is -3.05. The van der Waals surface area contributed by atoms with Gasteiger partial charge in [0.2, 0.25) is 5.91 Å². The molecule has 2 aromatic carbocycles. The molecule has 0 aliphatic carbocycles. The minimum Gasteiger partial charge on any atom is -0.497 e. The summed E-state index contributed by atoms with van der Waals surface area (Å²) >= 11 is 0. The lowest BCUT2D eigenvalue weighted by atomic mass is 10.1. The first-order chi connectivity index (χ1) is 14.5. The van der Waals surface area contributed by atoms with Crippen molar-refractivity contribution >= 4 is 5.91 Å². The van der Waals surface area contributed by atoms with Crippen LogP contribution < -0.4 is 4.74 Å². The van der Waals surface area contributed by atoms with E-state index in [4.69, 9.17) is 9.15 Å². The number of methoxy groups -OCH3 is 1. The summed E-state index contributed by atoms with van der Waals surface area (Å²) in [6.45, 7) is 3.51. The summed E-state index contributed by atoms with van der Waals surface area (Å²) in [6, 6.07) is 22.1. The molecule has 0 aliphatic heterocycles. The van der Waals surface area contributed by atoms with Crippen molar-refractivity contribution in [2.75, 3.05) is 20.7 Å². The van der Waals surface area contributed by atoms with Crippen molar-refractivity contribution in [3.8, 4) is 5.75 Å². The van der Waals surface area contributed by atoms with E-state index in [9.17, 15) is 4.79 Å². The van der Waals surface area contributed by atoms with Crippen LogP contribution in [0.1, 0.15) is 23.8 Å². The van der Waals surface area contributed by atoms with E-state index in [1.165, 1.54) is 5.56 Å². The Bertz CT molecular complexity index is 892. The highest BCUT2D eigenvalue weighted by molar-refractivity contribution is 5.78. The van der Waals surface area contributed by atoms with Crippen molar-refractivity contribution in [3.05, 3.63) is 89.9 Å². The summed E-state index contributed by atoms with van der Waals surface area (Å²) < 4.78 is 10.7. The molecule has 0 bridgehead atoms. The number of likely N-dealkylation sites (N-methyl/N-ethyl adjacent to an activating group) is 1. The van der Waals surface area contributed by atoms with Crippen molar-refractivity contribution in [1.82, 2.24) is 9.80 Å². The molecule has 1 atom stereocenters. The minimum atomic E-state index is 0.0827. The Balaban J connectivity index is 1.62. The summed E-state index contributed by atoms with van der Waals surface area (Å²) in [4.78, 5) is 17.1. The number of hydrogen-bond donors (Lipinski definition) is 0. The van der Waals surface area contributed by atoms with E-state index in [0.717, 1.165) is 23.5 Å². The lowest BCUT2D eigenvalue weighted by Gasteiger charge is -2.28. The third kappa shape index (κ3) is 6.22. The van der Waals surface area contributed by atoms with Crippen molar-refractivity contribution in [2.24, 2.45) is 0 Å². The molecule has 5 heteroatoms. The molecule has 1 heterocycles. The van der Waals surface area contributed by atoms with Crippen molar-refractivity contribution in [1.29, 1.82) is 0 Å². The van der Waals surface area contributed by atoms with E-state index in [1.807, 2.05) is 66.5 Å². The minimum absolute atomic E-state index is 0.0827. The predicted molar refractivity (Wildman–Crippen MR) is 118 cm³/mol. The zero-order valence-electron chi connectivity index (χ0n) is 18.0. The molecule has 0 spiro atoms. The predicted octanol–water partition coefficient (Wildman–Crippen LogP) is 4.38. The lowest BCUT2D eigenvalue weighted by molar-refractivity contribution is -0.134. The molecule has 0 radical (unpaired) electrons. The van der Waals surface area contributed by atoms with Crippen LogP contribution in [0, 0.1) is 0 Å². The largest absolute Gasteiger partial charge is 0.497 e. The van der Waals surface area contributed by atoms with Gasteiger partial charge in [-0.1, -0.05) is 42.5 Å². The molecule has 158 valence electrons. The molecule has 3 rings (SSSR count). The van der Waals surface area contributed by atoms with Gasteiger partial charge in [-0.15, -0.1) is 0 Å². The van der Waals surface area contributed by atoms with Crippen LogP contribution in [0.25, 0.3) is 0 Å². The lowest BCUT2D eigenvalue weighted by Crippen LogP contribution is -2.42. The van der Waals surface area contributed by atoms with Gasteiger partial charge in [0.05, 0.1) is 26.5 Å². The fourth-order valence-electron chi connectivity index (χ4n) is 3.35. The SMILES string of the molecule is COc1ccc(CC(C)N(C)CC(=O)N(Cc2ccccc2)Cc2ccco2)cc1. The molecule has 0 fully saturated rings. The Morgan fingerprint density at radius 1 is 0.967 bits per heavy atom. The number of ether oxygens (including phenoxy) is 1. The molecule has 0 saturated heterocycles. The van der Waals surface area contributed by atoms with E-state index in [1.54, 1.807) is 13.4 Å². The van der Waals surface area contributed by atoms with Crippen LogP contribution in [-0.2, 0) is 24.3 Å². The van der Waals surface area contributed by atoms with Gasteiger partial charge in [-0.05, 0) is 55.8 Å².